The Morgan fingerprint density at radius 1 is 0.375 bits per heavy atom. The van der Waals surface area contributed by atoms with Crippen LogP contribution in [0.4, 0.5) is 0 Å². The largest absolute Gasteiger partial charge is 0.0654 e. The van der Waals surface area contributed by atoms with Crippen LogP contribution in [0.2, 0.25) is 0 Å². The average Bonchev–Trinajstić information content (AvgIpc) is 2.79. The molecule has 2 atom stereocenters. The zero-order valence-electron chi connectivity index (χ0n) is 23.5. The van der Waals surface area contributed by atoms with Crippen LogP contribution in [0.3, 0.4) is 0 Å². The van der Waals surface area contributed by atoms with Crippen LogP contribution in [-0.2, 0) is 0 Å². The summed E-state index contributed by atoms with van der Waals surface area (Å²) in [6.45, 7) is 9.52. The molecule has 0 heterocycles. The second kappa shape index (κ2) is 27.2. The molecule has 0 aliphatic heterocycles. The summed E-state index contributed by atoms with van der Waals surface area (Å²) in [5, 5.41) is 0. The molecule has 0 aromatic heterocycles. The van der Waals surface area contributed by atoms with Gasteiger partial charge in [0.15, 0.2) is 0 Å². The topological polar surface area (TPSA) is 0 Å². The second-order valence-corrected chi connectivity index (χ2v) is 11.3. The van der Waals surface area contributed by atoms with E-state index in [1.807, 2.05) is 0 Å². The van der Waals surface area contributed by atoms with Crippen molar-refractivity contribution in [1.29, 1.82) is 0 Å². The highest BCUT2D eigenvalue weighted by Crippen LogP contribution is 2.24. The number of unbranched alkanes of at least 4 members (excludes halogenated alkanes) is 20. The fourth-order valence-electron chi connectivity index (χ4n) is 5.51. The fourth-order valence-corrected chi connectivity index (χ4v) is 5.51. The van der Waals surface area contributed by atoms with Gasteiger partial charge in [0.1, 0.15) is 0 Å². The predicted molar refractivity (Wildman–Crippen MR) is 150 cm³/mol. The zero-order valence-corrected chi connectivity index (χ0v) is 23.5. The number of rotatable bonds is 27. The minimum atomic E-state index is 0.951. The third-order valence-corrected chi connectivity index (χ3v) is 7.81. The van der Waals surface area contributed by atoms with Gasteiger partial charge in [-0.15, -0.1) is 0 Å². The predicted octanol–water partition coefficient (Wildman–Crippen LogP) is 12.4. The van der Waals surface area contributed by atoms with Gasteiger partial charge in [0.05, 0.1) is 0 Å². The third-order valence-electron chi connectivity index (χ3n) is 7.81. The molecule has 2 unspecified atom stereocenters. The van der Waals surface area contributed by atoms with Crippen LogP contribution in [0.25, 0.3) is 0 Å². The van der Waals surface area contributed by atoms with E-state index in [0.717, 1.165) is 11.8 Å². The minimum Gasteiger partial charge on any atom is -0.0654 e. The van der Waals surface area contributed by atoms with Gasteiger partial charge >= 0.3 is 0 Å². The maximum absolute atomic E-state index is 2.49. The van der Waals surface area contributed by atoms with Crippen molar-refractivity contribution in [2.24, 2.45) is 11.8 Å². The van der Waals surface area contributed by atoms with E-state index in [0.29, 0.717) is 0 Å². The van der Waals surface area contributed by atoms with Crippen molar-refractivity contribution >= 4 is 0 Å². The van der Waals surface area contributed by atoms with E-state index in [9.17, 15) is 0 Å². The quantitative estimate of drug-likeness (QED) is 0.109. The first-order valence-corrected chi connectivity index (χ1v) is 15.7. The molecular weight excluding hydrogens is 384 g/mol. The molecule has 32 heavy (non-hydrogen) atoms. The van der Waals surface area contributed by atoms with E-state index in [1.165, 1.54) is 167 Å². The molecule has 0 rings (SSSR count). The molecular formula is C32H66. The molecule has 0 spiro atoms. The molecule has 0 aromatic rings. The number of hydrogen-bond donors (Lipinski definition) is 0. The normalized spacial score (nSPS) is 13.5. The third kappa shape index (κ3) is 24.6. The molecule has 0 heteroatoms. The van der Waals surface area contributed by atoms with Crippen LogP contribution in [-0.4, -0.2) is 0 Å². The lowest BCUT2D eigenvalue weighted by molar-refractivity contribution is 0.337. The molecule has 0 N–H and O–H groups in total. The Balaban J connectivity index is 3.16. The van der Waals surface area contributed by atoms with E-state index >= 15 is 0 Å². The monoisotopic (exact) mass is 451 g/mol. The first-order valence-electron chi connectivity index (χ1n) is 15.7. The average molecular weight is 451 g/mol. The van der Waals surface area contributed by atoms with E-state index in [4.69, 9.17) is 0 Å². The van der Waals surface area contributed by atoms with Crippen LogP contribution >= 0.6 is 0 Å². The summed E-state index contributed by atoms with van der Waals surface area (Å²) in [5.74, 6) is 1.94. The molecule has 0 nitrogen and oxygen atoms in total. The lowest BCUT2D eigenvalue weighted by Crippen LogP contribution is -2.05. The first kappa shape index (κ1) is 32.0. The summed E-state index contributed by atoms with van der Waals surface area (Å²) >= 11 is 0. The second-order valence-electron chi connectivity index (χ2n) is 11.3. The summed E-state index contributed by atoms with van der Waals surface area (Å²) in [7, 11) is 0. The van der Waals surface area contributed by atoms with Gasteiger partial charge in [0.2, 0.25) is 0 Å². The van der Waals surface area contributed by atoms with Gasteiger partial charge in [-0.1, -0.05) is 188 Å². The Labute approximate surface area is 206 Å². The maximum atomic E-state index is 2.49. The lowest BCUT2D eigenvalue weighted by atomic mass is 9.87. The Bertz CT molecular complexity index is 320. The SMILES string of the molecule is CCCCCCCCCCCCCCCCCCCCCCCC(C)CC(CC)CCC. The molecule has 0 saturated heterocycles. The van der Waals surface area contributed by atoms with Crippen molar-refractivity contribution in [2.45, 2.75) is 195 Å². The summed E-state index contributed by atoms with van der Waals surface area (Å²) in [5.41, 5.74) is 0. The molecule has 0 amide bonds. The fraction of sp³-hybridized carbons (Fsp3) is 1.00. The van der Waals surface area contributed by atoms with Gasteiger partial charge < -0.3 is 0 Å². The highest BCUT2D eigenvalue weighted by Gasteiger charge is 2.10. The molecule has 0 saturated carbocycles. The Morgan fingerprint density at radius 2 is 0.719 bits per heavy atom. The summed E-state index contributed by atoms with van der Waals surface area (Å²) in [6.07, 6.45) is 38.2. The van der Waals surface area contributed by atoms with Crippen molar-refractivity contribution in [3.8, 4) is 0 Å². The standard InChI is InChI=1S/C32H66/c1-5-8-9-10-11-12-13-14-15-16-17-18-19-20-21-22-23-24-25-26-27-29-31(4)30-32(7-3)28-6-2/h31-32H,5-30H2,1-4H3. The van der Waals surface area contributed by atoms with Gasteiger partial charge in [-0.05, 0) is 18.3 Å². The van der Waals surface area contributed by atoms with Gasteiger partial charge in [-0.3, -0.25) is 0 Å². The maximum Gasteiger partial charge on any atom is -0.0414 e. The molecule has 0 aliphatic carbocycles. The lowest BCUT2D eigenvalue weighted by Gasteiger charge is -2.19. The highest BCUT2D eigenvalue weighted by atomic mass is 14.2. The van der Waals surface area contributed by atoms with Crippen molar-refractivity contribution in [3.63, 3.8) is 0 Å². The first-order chi connectivity index (χ1) is 15.7. The Hall–Kier alpha value is 0. The van der Waals surface area contributed by atoms with E-state index in [2.05, 4.69) is 27.7 Å². The summed E-state index contributed by atoms with van der Waals surface area (Å²) < 4.78 is 0. The number of hydrogen-bond acceptors (Lipinski definition) is 0. The summed E-state index contributed by atoms with van der Waals surface area (Å²) in [4.78, 5) is 0. The highest BCUT2D eigenvalue weighted by molar-refractivity contribution is 4.63. The van der Waals surface area contributed by atoms with Gasteiger partial charge in [-0.2, -0.15) is 0 Å². The van der Waals surface area contributed by atoms with E-state index in [-0.39, 0.29) is 0 Å². The molecule has 0 radical (unpaired) electrons. The van der Waals surface area contributed by atoms with Crippen molar-refractivity contribution in [2.75, 3.05) is 0 Å². The van der Waals surface area contributed by atoms with Crippen molar-refractivity contribution in [1.82, 2.24) is 0 Å². The molecule has 0 aromatic carbocycles. The van der Waals surface area contributed by atoms with Crippen molar-refractivity contribution < 1.29 is 0 Å². The van der Waals surface area contributed by atoms with Gasteiger partial charge in [0, 0.05) is 0 Å². The van der Waals surface area contributed by atoms with Crippen LogP contribution in [0.5, 0.6) is 0 Å². The van der Waals surface area contributed by atoms with Crippen LogP contribution in [0.15, 0.2) is 0 Å². The van der Waals surface area contributed by atoms with E-state index < -0.39 is 0 Å². The van der Waals surface area contributed by atoms with E-state index in [1.54, 1.807) is 0 Å². The Morgan fingerprint density at radius 3 is 1.03 bits per heavy atom. The smallest absolute Gasteiger partial charge is 0.0414 e. The summed E-state index contributed by atoms with van der Waals surface area (Å²) in [6, 6.07) is 0. The molecule has 0 aliphatic rings. The molecule has 0 fully saturated rings. The van der Waals surface area contributed by atoms with Crippen LogP contribution in [0.1, 0.15) is 195 Å². The molecule has 194 valence electrons. The zero-order chi connectivity index (χ0) is 23.5. The van der Waals surface area contributed by atoms with Gasteiger partial charge in [0.25, 0.3) is 0 Å². The molecule has 0 bridgehead atoms. The van der Waals surface area contributed by atoms with Crippen LogP contribution in [0, 0.1) is 11.8 Å². The van der Waals surface area contributed by atoms with Crippen molar-refractivity contribution in [3.05, 3.63) is 0 Å². The minimum absolute atomic E-state index is 0.951. The van der Waals surface area contributed by atoms with Crippen LogP contribution < -0.4 is 0 Å². The Kier molecular flexibility index (Phi) is 27.2. The van der Waals surface area contributed by atoms with Gasteiger partial charge in [-0.25, -0.2) is 0 Å².